The van der Waals surface area contributed by atoms with Crippen molar-refractivity contribution in [2.24, 2.45) is 0 Å². The predicted octanol–water partition coefficient (Wildman–Crippen LogP) is 0.916. The third kappa shape index (κ3) is 1.98. The monoisotopic (exact) mass is 239 g/mol. The first kappa shape index (κ1) is 10.5. The topological polar surface area (TPSA) is 95.1 Å². The molecular weight excluding hydrogens is 230 g/mol. The van der Waals surface area contributed by atoms with Crippen molar-refractivity contribution in [3.63, 3.8) is 0 Å². The molecule has 1 aromatic carbocycles. The van der Waals surface area contributed by atoms with Crippen LogP contribution in [0.1, 0.15) is 0 Å². The number of phenols is 1. The van der Waals surface area contributed by atoms with Gasteiger partial charge in [0.1, 0.15) is 10.6 Å². The molecule has 0 aliphatic carbocycles. The van der Waals surface area contributed by atoms with Crippen molar-refractivity contribution >= 4 is 15.7 Å². The molecule has 0 amide bonds. The summed E-state index contributed by atoms with van der Waals surface area (Å²) in [5, 5.41) is 15.4. The molecule has 1 heterocycles. The fourth-order valence-electron chi connectivity index (χ4n) is 1.15. The van der Waals surface area contributed by atoms with Crippen LogP contribution in [0.15, 0.2) is 41.6 Å². The van der Waals surface area contributed by atoms with Crippen LogP contribution >= 0.6 is 0 Å². The van der Waals surface area contributed by atoms with E-state index in [-0.39, 0.29) is 16.3 Å². The fraction of sp³-hybridized carbons (Fsp3) is 0. The van der Waals surface area contributed by atoms with Crippen LogP contribution in [0.25, 0.3) is 0 Å². The number of H-pyrrole nitrogens is 1. The van der Waals surface area contributed by atoms with E-state index in [1.165, 1.54) is 24.5 Å². The Morgan fingerprint density at radius 3 is 2.69 bits per heavy atom. The number of aromatic amines is 1. The van der Waals surface area contributed by atoms with Gasteiger partial charge in [0.15, 0.2) is 0 Å². The number of sulfonamides is 1. The van der Waals surface area contributed by atoms with Gasteiger partial charge in [0, 0.05) is 6.20 Å². The van der Waals surface area contributed by atoms with E-state index < -0.39 is 10.0 Å². The average molecular weight is 239 g/mol. The maximum atomic E-state index is 11.7. The molecule has 0 unspecified atom stereocenters. The summed E-state index contributed by atoms with van der Waals surface area (Å²) in [4.78, 5) is 0.00996. The molecule has 0 radical (unpaired) electrons. The summed E-state index contributed by atoms with van der Waals surface area (Å²) in [6, 6.07) is 6.08. The Morgan fingerprint density at radius 2 is 2.06 bits per heavy atom. The lowest BCUT2D eigenvalue weighted by Crippen LogP contribution is -2.12. The summed E-state index contributed by atoms with van der Waals surface area (Å²) < 4.78 is 25.7. The summed E-state index contributed by atoms with van der Waals surface area (Å²) in [5.41, 5.74) is 0.128. The van der Waals surface area contributed by atoms with Crippen molar-refractivity contribution in [1.29, 1.82) is 0 Å². The normalized spacial score (nSPS) is 11.2. The first-order chi connectivity index (χ1) is 7.59. The van der Waals surface area contributed by atoms with Crippen LogP contribution < -0.4 is 4.72 Å². The highest BCUT2D eigenvalue weighted by Gasteiger charge is 2.16. The Morgan fingerprint density at radius 1 is 1.31 bits per heavy atom. The molecule has 1 aromatic heterocycles. The van der Waals surface area contributed by atoms with Crippen molar-refractivity contribution in [3.05, 3.63) is 36.7 Å². The number of aromatic nitrogens is 2. The Balaban J connectivity index is 2.33. The number of anilines is 1. The van der Waals surface area contributed by atoms with Crippen molar-refractivity contribution in [2.75, 3.05) is 4.72 Å². The first-order valence-corrected chi connectivity index (χ1v) is 5.87. The van der Waals surface area contributed by atoms with Crippen LogP contribution in [0.3, 0.4) is 0 Å². The van der Waals surface area contributed by atoms with E-state index in [4.69, 9.17) is 0 Å². The number of aromatic hydroxyl groups is 1. The summed E-state index contributed by atoms with van der Waals surface area (Å²) in [6.07, 6.45) is 2.44. The second-order valence-corrected chi connectivity index (χ2v) is 4.74. The third-order valence-corrected chi connectivity index (χ3v) is 3.26. The minimum atomic E-state index is -3.70. The van der Waals surface area contributed by atoms with Gasteiger partial charge in [0.2, 0.25) is 0 Å². The predicted molar refractivity (Wildman–Crippen MR) is 57.5 cm³/mol. The van der Waals surface area contributed by atoms with Crippen LogP contribution in [0, 0.1) is 0 Å². The molecule has 16 heavy (non-hydrogen) atoms. The molecule has 6 nitrogen and oxygen atoms in total. The minimum absolute atomic E-state index is 0.00996. The molecule has 0 saturated heterocycles. The van der Waals surface area contributed by atoms with E-state index in [1.54, 1.807) is 12.1 Å². The molecule has 7 heteroatoms. The van der Waals surface area contributed by atoms with Gasteiger partial charge < -0.3 is 5.11 Å². The number of benzene rings is 1. The summed E-state index contributed by atoms with van der Waals surface area (Å²) >= 11 is 0. The molecule has 84 valence electrons. The number of nitrogens with zero attached hydrogens (tertiary/aromatic N) is 1. The van der Waals surface area contributed by atoms with E-state index in [2.05, 4.69) is 14.9 Å². The molecule has 0 spiro atoms. The second-order valence-electron chi connectivity index (χ2n) is 3.06. The highest BCUT2D eigenvalue weighted by Crippen LogP contribution is 2.24. The number of phenolic OH excluding ortho intramolecular Hbond substituents is 1. The lowest BCUT2D eigenvalue weighted by molar-refractivity contribution is 0.477. The third-order valence-electron chi connectivity index (χ3n) is 1.93. The van der Waals surface area contributed by atoms with Crippen LogP contribution in [0.2, 0.25) is 0 Å². The minimum Gasteiger partial charge on any atom is -0.506 e. The van der Waals surface area contributed by atoms with Crippen LogP contribution in [0.4, 0.5) is 5.69 Å². The van der Waals surface area contributed by atoms with Crippen LogP contribution in [0.5, 0.6) is 5.75 Å². The maximum Gasteiger partial charge on any atom is 0.265 e. The highest BCUT2D eigenvalue weighted by molar-refractivity contribution is 7.92. The van der Waals surface area contributed by atoms with Crippen molar-refractivity contribution in [1.82, 2.24) is 10.2 Å². The molecular formula is C9H9N3O3S. The maximum absolute atomic E-state index is 11.7. The first-order valence-electron chi connectivity index (χ1n) is 4.39. The number of hydrogen-bond donors (Lipinski definition) is 3. The highest BCUT2D eigenvalue weighted by atomic mass is 32.2. The zero-order valence-electron chi connectivity index (χ0n) is 8.08. The Hall–Kier alpha value is -2.02. The van der Waals surface area contributed by atoms with Gasteiger partial charge in [-0.15, -0.1) is 0 Å². The summed E-state index contributed by atoms with van der Waals surface area (Å²) in [7, 11) is -3.70. The molecule has 0 bridgehead atoms. The van der Waals surface area contributed by atoms with Gasteiger partial charge in [-0.05, 0) is 12.1 Å². The van der Waals surface area contributed by atoms with E-state index in [9.17, 15) is 13.5 Å². The smallest absolute Gasteiger partial charge is 0.265 e. The van der Waals surface area contributed by atoms with E-state index in [0.29, 0.717) is 0 Å². The second kappa shape index (κ2) is 3.86. The van der Waals surface area contributed by atoms with E-state index in [1.807, 2.05) is 0 Å². The zero-order chi connectivity index (χ0) is 11.6. The number of rotatable bonds is 3. The molecule has 0 fully saturated rings. The Bertz CT molecular complexity index is 578. The fourth-order valence-corrected chi connectivity index (χ4v) is 2.13. The molecule has 2 aromatic rings. The van der Waals surface area contributed by atoms with Crippen LogP contribution in [-0.4, -0.2) is 23.7 Å². The van der Waals surface area contributed by atoms with Gasteiger partial charge >= 0.3 is 0 Å². The van der Waals surface area contributed by atoms with Gasteiger partial charge in [-0.25, -0.2) is 8.42 Å². The van der Waals surface area contributed by atoms with Gasteiger partial charge in [0.25, 0.3) is 10.0 Å². The molecule has 0 atom stereocenters. The zero-order valence-corrected chi connectivity index (χ0v) is 8.90. The van der Waals surface area contributed by atoms with Crippen LogP contribution in [-0.2, 0) is 10.0 Å². The SMILES string of the molecule is O=S(=O)(Nc1ccccc1O)c1cn[nH]c1. The van der Waals surface area contributed by atoms with Gasteiger partial charge in [-0.1, -0.05) is 12.1 Å². The molecule has 0 aliphatic rings. The Kier molecular flexibility index (Phi) is 2.53. The van der Waals surface area contributed by atoms with Gasteiger partial charge in [0.05, 0.1) is 11.9 Å². The number of para-hydroxylation sites is 2. The lowest BCUT2D eigenvalue weighted by atomic mass is 10.3. The molecule has 0 saturated carbocycles. The lowest BCUT2D eigenvalue weighted by Gasteiger charge is -2.07. The number of hydrogen-bond acceptors (Lipinski definition) is 4. The average Bonchev–Trinajstić information content (AvgIpc) is 2.75. The van der Waals surface area contributed by atoms with Gasteiger partial charge in [-0.3, -0.25) is 9.82 Å². The Labute approximate surface area is 92.0 Å². The quantitative estimate of drug-likeness (QED) is 0.694. The summed E-state index contributed by atoms with van der Waals surface area (Å²) in [6.45, 7) is 0. The largest absolute Gasteiger partial charge is 0.506 e. The standard InChI is InChI=1S/C9H9N3O3S/c13-9-4-2-1-3-8(9)12-16(14,15)7-5-10-11-6-7/h1-6,12-13H,(H,10,11). The number of nitrogens with one attached hydrogen (secondary N) is 2. The van der Waals surface area contributed by atoms with Crippen molar-refractivity contribution < 1.29 is 13.5 Å². The molecule has 3 N–H and O–H groups in total. The van der Waals surface area contributed by atoms with E-state index in [0.717, 1.165) is 0 Å². The molecule has 2 rings (SSSR count). The molecule has 0 aliphatic heterocycles. The van der Waals surface area contributed by atoms with Gasteiger partial charge in [-0.2, -0.15) is 5.10 Å². The summed E-state index contributed by atoms with van der Waals surface area (Å²) in [5.74, 6) is -0.130. The van der Waals surface area contributed by atoms with Crippen molar-refractivity contribution in [3.8, 4) is 5.75 Å². The van der Waals surface area contributed by atoms with E-state index >= 15 is 0 Å². The van der Waals surface area contributed by atoms with Crippen molar-refractivity contribution in [2.45, 2.75) is 4.90 Å².